The summed E-state index contributed by atoms with van der Waals surface area (Å²) >= 11 is 0. The molecule has 0 unspecified atom stereocenters. The van der Waals surface area contributed by atoms with E-state index in [-0.39, 0.29) is 5.91 Å². The summed E-state index contributed by atoms with van der Waals surface area (Å²) in [7, 11) is 0. The van der Waals surface area contributed by atoms with Gasteiger partial charge in [0.25, 0.3) is 0 Å². The Labute approximate surface area is 89.1 Å². The van der Waals surface area contributed by atoms with Crippen LogP contribution in [0.3, 0.4) is 0 Å². The van der Waals surface area contributed by atoms with Crippen LogP contribution in [0.1, 0.15) is 18.4 Å². The zero-order valence-corrected chi connectivity index (χ0v) is 8.79. The van der Waals surface area contributed by atoms with Gasteiger partial charge in [0, 0.05) is 12.2 Å². The summed E-state index contributed by atoms with van der Waals surface area (Å²) in [6.45, 7) is 2.30. The molecular formula is C11H15N3O. The second-order valence-electron chi connectivity index (χ2n) is 3.91. The first-order valence-electron chi connectivity index (χ1n) is 5.20. The molecular weight excluding hydrogens is 190 g/mol. The lowest BCUT2D eigenvalue weighted by molar-refractivity contribution is -0.119. The molecule has 1 amide bonds. The second kappa shape index (κ2) is 4.29. The Morgan fingerprint density at radius 1 is 1.60 bits per heavy atom. The van der Waals surface area contributed by atoms with Crippen molar-refractivity contribution in [1.29, 1.82) is 0 Å². The summed E-state index contributed by atoms with van der Waals surface area (Å²) in [5, 5.41) is 5.90. The van der Waals surface area contributed by atoms with Crippen molar-refractivity contribution >= 4 is 11.7 Å². The van der Waals surface area contributed by atoms with E-state index < -0.39 is 0 Å². The van der Waals surface area contributed by atoms with Gasteiger partial charge in [-0.2, -0.15) is 0 Å². The summed E-state index contributed by atoms with van der Waals surface area (Å²) in [5.74, 6) is 0.793. The van der Waals surface area contributed by atoms with E-state index in [9.17, 15) is 4.79 Å². The molecule has 1 saturated carbocycles. The molecule has 1 aliphatic rings. The predicted octanol–water partition coefficient (Wildman–Crippen LogP) is 1.08. The van der Waals surface area contributed by atoms with Crippen LogP contribution in [0.4, 0.5) is 5.82 Å². The molecule has 0 atom stereocenters. The smallest absolute Gasteiger partial charge is 0.239 e. The minimum absolute atomic E-state index is 0.0424. The monoisotopic (exact) mass is 205 g/mol. The Morgan fingerprint density at radius 2 is 2.40 bits per heavy atom. The van der Waals surface area contributed by atoms with Crippen LogP contribution < -0.4 is 10.6 Å². The average molecular weight is 205 g/mol. The molecule has 15 heavy (non-hydrogen) atoms. The molecule has 1 fully saturated rings. The van der Waals surface area contributed by atoms with Gasteiger partial charge in [-0.25, -0.2) is 4.98 Å². The standard InChI is InChI=1S/C11H15N3O/c1-8-4-5-12-10(6-8)13-7-11(15)14-9-2-3-9/h4-6,9H,2-3,7H2,1H3,(H,12,13)(H,14,15). The molecule has 2 rings (SSSR count). The molecule has 4 heteroatoms. The maximum Gasteiger partial charge on any atom is 0.239 e. The molecule has 0 spiro atoms. The van der Waals surface area contributed by atoms with Crippen LogP contribution in [0.5, 0.6) is 0 Å². The van der Waals surface area contributed by atoms with Gasteiger partial charge in [-0.3, -0.25) is 4.79 Å². The lowest BCUT2D eigenvalue weighted by atomic mass is 10.3. The Bertz CT molecular complexity index is 361. The van der Waals surface area contributed by atoms with Gasteiger partial charge < -0.3 is 10.6 Å². The number of amides is 1. The summed E-state index contributed by atoms with van der Waals surface area (Å²) < 4.78 is 0. The van der Waals surface area contributed by atoms with Crippen molar-refractivity contribution in [3.05, 3.63) is 23.9 Å². The van der Waals surface area contributed by atoms with Crippen LogP contribution in [0, 0.1) is 6.92 Å². The van der Waals surface area contributed by atoms with E-state index in [1.165, 1.54) is 0 Å². The largest absolute Gasteiger partial charge is 0.361 e. The van der Waals surface area contributed by atoms with E-state index in [2.05, 4.69) is 15.6 Å². The molecule has 0 aliphatic heterocycles. The molecule has 0 saturated heterocycles. The summed E-state index contributed by atoms with van der Waals surface area (Å²) in [4.78, 5) is 15.5. The van der Waals surface area contributed by atoms with Crippen molar-refractivity contribution < 1.29 is 4.79 Å². The minimum atomic E-state index is 0.0424. The Kier molecular flexibility index (Phi) is 2.85. The predicted molar refractivity (Wildman–Crippen MR) is 58.6 cm³/mol. The number of anilines is 1. The summed E-state index contributed by atoms with van der Waals surface area (Å²) in [5.41, 5.74) is 1.13. The normalized spacial score (nSPS) is 14.7. The average Bonchev–Trinajstić information content (AvgIpc) is 2.99. The van der Waals surface area contributed by atoms with Crippen LogP contribution in [-0.2, 0) is 4.79 Å². The highest BCUT2D eigenvalue weighted by Gasteiger charge is 2.22. The van der Waals surface area contributed by atoms with E-state index in [1.54, 1.807) is 6.20 Å². The first kappa shape index (κ1) is 9.96. The molecule has 4 nitrogen and oxygen atoms in total. The van der Waals surface area contributed by atoms with Crippen LogP contribution in [0.25, 0.3) is 0 Å². The van der Waals surface area contributed by atoms with Crippen LogP contribution in [-0.4, -0.2) is 23.5 Å². The van der Waals surface area contributed by atoms with Crippen molar-refractivity contribution in [1.82, 2.24) is 10.3 Å². The van der Waals surface area contributed by atoms with Gasteiger partial charge in [0.1, 0.15) is 5.82 Å². The van der Waals surface area contributed by atoms with Gasteiger partial charge in [-0.05, 0) is 37.5 Å². The van der Waals surface area contributed by atoms with E-state index in [1.807, 2.05) is 19.1 Å². The second-order valence-corrected chi connectivity index (χ2v) is 3.91. The van der Waals surface area contributed by atoms with Crippen molar-refractivity contribution in [2.75, 3.05) is 11.9 Å². The third kappa shape index (κ3) is 3.23. The Morgan fingerprint density at radius 3 is 3.07 bits per heavy atom. The lowest BCUT2D eigenvalue weighted by Crippen LogP contribution is -2.31. The van der Waals surface area contributed by atoms with E-state index in [0.717, 1.165) is 24.2 Å². The molecule has 0 radical (unpaired) electrons. The number of pyridine rings is 1. The molecule has 1 heterocycles. The number of rotatable bonds is 4. The summed E-state index contributed by atoms with van der Waals surface area (Å²) in [6.07, 6.45) is 3.97. The topological polar surface area (TPSA) is 54.0 Å². The third-order valence-corrected chi connectivity index (χ3v) is 2.29. The van der Waals surface area contributed by atoms with Gasteiger partial charge in [0.2, 0.25) is 5.91 Å². The fourth-order valence-corrected chi connectivity index (χ4v) is 1.31. The number of hydrogen-bond donors (Lipinski definition) is 2. The van der Waals surface area contributed by atoms with Crippen molar-refractivity contribution in [2.45, 2.75) is 25.8 Å². The van der Waals surface area contributed by atoms with Crippen molar-refractivity contribution in [2.24, 2.45) is 0 Å². The number of carbonyl (C=O) groups excluding carboxylic acids is 1. The maximum absolute atomic E-state index is 11.4. The molecule has 0 aromatic carbocycles. The quantitative estimate of drug-likeness (QED) is 0.773. The highest BCUT2D eigenvalue weighted by atomic mass is 16.2. The number of hydrogen-bond acceptors (Lipinski definition) is 3. The first-order chi connectivity index (χ1) is 7.24. The van der Waals surface area contributed by atoms with Gasteiger partial charge >= 0.3 is 0 Å². The summed E-state index contributed by atoms with van der Waals surface area (Å²) in [6, 6.07) is 4.27. The highest BCUT2D eigenvalue weighted by molar-refractivity contribution is 5.80. The molecule has 0 bridgehead atoms. The van der Waals surface area contributed by atoms with Crippen LogP contribution in [0.15, 0.2) is 18.3 Å². The van der Waals surface area contributed by atoms with Gasteiger partial charge in [0.15, 0.2) is 0 Å². The first-order valence-corrected chi connectivity index (χ1v) is 5.20. The number of aromatic nitrogens is 1. The van der Waals surface area contributed by atoms with Gasteiger partial charge in [0.05, 0.1) is 6.54 Å². The molecule has 2 N–H and O–H groups in total. The van der Waals surface area contributed by atoms with Gasteiger partial charge in [-0.1, -0.05) is 0 Å². The number of carbonyl (C=O) groups is 1. The van der Waals surface area contributed by atoms with E-state index >= 15 is 0 Å². The van der Waals surface area contributed by atoms with Crippen LogP contribution in [0.2, 0.25) is 0 Å². The fraction of sp³-hybridized carbons (Fsp3) is 0.455. The number of nitrogens with one attached hydrogen (secondary N) is 2. The third-order valence-electron chi connectivity index (χ3n) is 2.29. The van der Waals surface area contributed by atoms with Crippen molar-refractivity contribution in [3.8, 4) is 0 Å². The SMILES string of the molecule is Cc1ccnc(NCC(=O)NC2CC2)c1. The van der Waals surface area contributed by atoms with Crippen molar-refractivity contribution in [3.63, 3.8) is 0 Å². The molecule has 1 aromatic heterocycles. The molecule has 1 aromatic rings. The zero-order valence-electron chi connectivity index (χ0n) is 8.79. The Balaban J connectivity index is 1.78. The number of nitrogens with zero attached hydrogens (tertiary/aromatic N) is 1. The van der Waals surface area contributed by atoms with E-state index in [4.69, 9.17) is 0 Å². The lowest BCUT2D eigenvalue weighted by Gasteiger charge is -2.06. The highest BCUT2D eigenvalue weighted by Crippen LogP contribution is 2.18. The minimum Gasteiger partial charge on any atom is -0.361 e. The van der Waals surface area contributed by atoms with Crippen LogP contribution >= 0.6 is 0 Å². The maximum atomic E-state index is 11.4. The fourth-order valence-electron chi connectivity index (χ4n) is 1.31. The molecule has 80 valence electrons. The van der Waals surface area contributed by atoms with E-state index in [0.29, 0.717) is 12.6 Å². The zero-order chi connectivity index (χ0) is 10.7. The Hall–Kier alpha value is -1.58. The number of aryl methyl sites for hydroxylation is 1. The molecule has 1 aliphatic carbocycles. The van der Waals surface area contributed by atoms with Gasteiger partial charge in [-0.15, -0.1) is 0 Å².